The summed E-state index contributed by atoms with van der Waals surface area (Å²) in [6.07, 6.45) is 9.43. The van der Waals surface area contributed by atoms with Gasteiger partial charge in [0.2, 0.25) is 11.8 Å². The van der Waals surface area contributed by atoms with Crippen molar-refractivity contribution in [3.05, 3.63) is 0 Å². The molecule has 21 heavy (non-hydrogen) atoms. The number of likely N-dealkylation sites (N-methyl/N-ethyl adjacent to an activating group) is 1. The van der Waals surface area contributed by atoms with Gasteiger partial charge in [-0.05, 0) is 44.9 Å². The van der Waals surface area contributed by atoms with E-state index < -0.39 is 5.54 Å². The summed E-state index contributed by atoms with van der Waals surface area (Å²) < 4.78 is 0. The molecule has 0 spiro atoms. The van der Waals surface area contributed by atoms with Gasteiger partial charge in [-0.2, -0.15) is 0 Å². The third-order valence-corrected chi connectivity index (χ3v) is 5.64. The first-order valence-electron chi connectivity index (χ1n) is 8.47. The van der Waals surface area contributed by atoms with E-state index >= 15 is 0 Å². The van der Waals surface area contributed by atoms with Gasteiger partial charge in [-0.1, -0.05) is 12.8 Å². The molecule has 118 valence electrons. The topological polar surface area (TPSA) is 61.4 Å². The Morgan fingerprint density at radius 1 is 1.05 bits per heavy atom. The second-order valence-electron chi connectivity index (χ2n) is 6.81. The van der Waals surface area contributed by atoms with Crippen LogP contribution in [0.3, 0.4) is 0 Å². The number of carbonyl (C=O) groups excluding carboxylic acids is 2. The van der Waals surface area contributed by atoms with E-state index in [1.54, 1.807) is 7.05 Å². The van der Waals surface area contributed by atoms with Gasteiger partial charge < -0.3 is 10.6 Å². The number of hydrogen-bond acceptors (Lipinski definition) is 3. The molecule has 1 atom stereocenters. The average molecular weight is 293 g/mol. The summed E-state index contributed by atoms with van der Waals surface area (Å²) in [5.74, 6) is 0.240. The highest BCUT2D eigenvalue weighted by atomic mass is 16.2. The van der Waals surface area contributed by atoms with Crippen molar-refractivity contribution < 1.29 is 9.59 Å². The van der Waals surface area contributed by atoms with Gasteiger partial charge in [-0.15, -0.1) is 0 Å². The summed E-state index contributed by atoms with van der Waals surface area (Å²) in [7, 11) is 1.70. The molecular weight excluding hydrogens is 266 g/mol. The van der Waals surface area contributed by atoms with E-state index in [0.29, 0.717) is 6.04 Å². The third-order valence-electron chi connectivity index (χ3n) is 5.64. The van der Waals surface area contributed by atoms with Gasteiger partial charge in [0.05, 0.1) is 6.04 Å². The number of hydrogen-bond donors (Lipinski definition) is 2. The van der Waals surface area contributed by atoms with Crippen LogP contribution in [0.2, 0.25) is 0 Å². The third kappa shape index (κ3) is 2.56. The Morgan fingerprint density at radius 2 is 1.76 bits per heavy atom. The monoisotopic (exact) mass is 293 g/mol. The minimum absolute atomic E-state index is 0.0920. The average Bonchev–Trinajstić information content (AvgIpc) is 3.08. The Bertz CT molecular complexity index is 414. The zero-order chi connectivity index (χ0) is 14.9. The maximum absolute atomic E-state index is 12.6. The maximum Gasteiger partial charge on any atom is 0.240 e. The molecule has 3 aliphatic rings. The van der Waals surface area contributed by atoms with Crippen LogP contribution in [-0.4, -0.2) is 47.9 Å². The predicted molar refractivity (Wildman–Crippen MR) is 80.8 cm³/mol. The number of nitrogens with one attached hydrogen (secondary N) is 2. The van der Waals surface area contributed by atoms with Crippen LogP contribution >= 0.6 is 0 Å². The summed E-state index contributed by atoms with van der Waals surface area (Å²) in [5.41, 5.74) is -0.414. The molecule has 2 amide bonds. The Morgan fingerprint density at radius 3 is 2.33 bits per heavy atom. The van der Waals surface area contributed by atoms with Crippen molar-refractivity contribution >= 4 is 11.8 Å². The summed E-state index contributed by atoms with van der Waals surface area (Å²) in [6.45, 7) is 0.871. The molecule has 0 aromatic rings. The first-order chi connectivity index (χ1) is 10.2. The number of likely N-dealkylation sites (tertiary alicyclic amines) is 1. The van der Waals surface area contributed by atoms with Crippen LogP contribution in [0.15, 0.2) is 0 Å². The van der Waals surface area contributed by atoms with E-state index in [1.807, 2.05) is 0 Å². The van der Waals surface area contributed by atoms with Gasteiger partial charge in [0.15, 0.2) is 0 Å². The second-order valence-corrected chi connectivity index (χ2v) is 6.81. The van der Waals surface area contributed by atoms with Crippen LogP contribution in [-0.2, 0) is 9.59 Å². The van der Waals surface area contributed by atoms with Crippen LogP contribution in [0.5, 0.6) is 0 Å². The Balaban J connectivity index is 1.69. The lowest BCUT2D eigenvalue weighted by atomic mass is 9.74. The van der Waals surface area contributed by atoms with E-state index in [-0.39, 0.29) is 17.9 Å². The van der Waals surface area contributed by atoms with Crippen molar-refractivity contribution in [2.75, 3.05) is 13.6 Å². The Hall–Kier alpha value is -1.10. The lowest BCUT2D eigenvalue weighted by Crippen LogP contribution is -2.65. The summed E-state index contributed by atoms with van der Waals surface area (Å²) in [4.78, 5) is 27.2. The number of rotatable bonds is 4. The smallest absolute Gasteiger partial charge is 0.240 e. The Labute approximate surface area is 126 Å². The fourth-order valence-corrected chi connectivity index (χ4v) is 4.31. The summed E-state index contributed by atoms with van der Waals surface area (Å²) in [5, 5.41) is 6.02. The molecule has 1 aliphatic heterocycles. The van der Waals surface area contributed by atoms with E-state index in [1.165, 1.54) is 12.8 Å². The van der Waals surface area contributed by atoms with Gasteiger partial charge in [-0.25, -0.2) is 0 Å². The molecule has 2 saturated carbocycles. The number of nitrogens with zero attached hydrogens (tertiary/aromatic N) is 1. The van der Waals surface area contributed by atoms with Gasteiger partial charge in [0.1, 0.15) is 5.54 Å². The van der Waals surface area contributed by atoms with E-state index in [2.05, 4.69) is 15.5 Å². The molecule has 3 rings (SSSR count). The van der Waals surface area contributed by atoms with E-state index in [9.17, 15) is 9.59 Å². The van der Waals surface area contributed by atoms with Crippen molar-refractivity contribution in [1.29, 1.82) is 0 Å². The largest absolute Gasteiger partial charge is 0.358 e. The van der Waals surface area contributed by atoms with Gasteiger partial charge in [-0.3, -0.25) is 14.5 Å². The highest BCUT2D eigenvalue weighted by Gasteiger charge is 2.53. The predicted octanol–water partition coefficient (Wildman–Crippen LogP) is 1.18. The summed E-state index contributed by atoms with van der Waals surface area (Å²) in [6, 6.07) is 0.250. The lowest BCUT2D eigenvalue weighted by Gasteiger charge is -2.49. The van der Waals surface area contributed by atoms with Crippen LogP contribution in [0.25, 0.3) is 0 Å². The van der Waals surface area contributed by atoms with Crippen LogP contribution in [0.1, 0.15) is 57.8 Å². The normalized spacial score (nSPS) is 29.1. The molecule has 2 N–H and O–H groups in total. The highest BCUT2D eigenvalue weighted by Crippen LogP contribution is 2.42. The fourth-order valence-electron chi connectivity index (χ4n) is 4.31. The number of carbonyl (C=O) groups is 2. The fraction of sp³-hybridized carbons (Fsp3) is 0.875. The molecule has 0 aromatic carbocycles. The summed E-state index contributed by atoms with van der Waals surface area (Å²) >= 11 is 0. The molecule has 0 radical (unpaired) electrons. The van der Waals surface area contributed by atoms with E-state index in [0.717, 1.165) is 51.5 Å². The molecule has 2 aliphatic carbocycles. The van der Waals surface area contributed by atoms with E-state index in [4.69, 9.17) is 0 Å². The first-order valence-corrected chi connectivity index (χ1v) is 8.47. The first kappa shape index (κ1) is 14.8. The lowest BCUT2D eigenvalue weighted by molar-refractivity contribution is -0.144. The zero-order valence-corrected chi connectivity index (χ0v) is 13.0. The highest BCUT2D eigenvalue weighted by molar-refractivity contribution is 5.89. The molecule has 1 heterocycles. The molecule has 5 nitrogen and oxygen atoms in total. The second kappa shape index (κ2) is 5.95. The molecular formula is C16H27N3O2. The molecule has 5 heteroatoms. The quantitative estimate of drug-likeness (QED) is 0.818. The minimum atomic E-state index is -0.414. The molecule has 0 bridgehead atoms. The standard InChI is InChI=1S/C16H27N3O2/c1-17-15(21)16(9-5-10-16)19-11-4-8-13(19)14(20)18-12-6-2-3-7-12/h12-13H,2-11H2,1H3,(H,17,21)(H,18,20)/t13-/m0/s1. The van der Waals surface area contributed by atoms with Crippen molar-refractivity contribution in [1.82, 2.24) is 15.5 Å². The van der Waals surface area contributed by atoms with Crippen molar-refractivity contribution in [3.8, 4) is 0 Å². The van der Waals surface area contributed by atoms with Crippen molar-refractivity contribution in [2.24, 2.45) is 0 Å². The molecule has 0 aromatic heterocycles. The van der Waals surface area contributed by atoms with Crippen LogP contribution in [0, 0.1) is 0 Å². The van der Waals surface area contributed by atoms with Gasteiger partial charge >= 0.3 is 0 Å². The van der Waals surface area contributed by atoms with Crippen LogP contribution < -0.4 is 10.6 Å². The van der Waals surface area contributed by atoms with Crippen LogP contribution in [0.4, 0.5) is 0 Å². The Kier molecular flexibility index (Phi) is 4.20. The maximum atomic E-state index is 12.6. The van der Waals surface area contributed by atoms with Gasteiger partial charge in [0, 0.05) is 19.6 Å². The molecule has 1 saturated heterocycles. The van der Waals surface area contributed by atoms with Gasteiger partial charge in [0.25, 0.3) is 0 Å². The SMILES string of the molecule is CNC(=O)C1(N2CCC[C@H]2C(=O)NC2CCCC2)CCC1. The zero-order valence-electron chi connectivity index (χ0n) is 13.0. The minimum Gasteiger partial charge on any atom is -0.358 e. The van der Waals surface area contributed by atoms with Crippen molar-refractivity contribution in [2.45, 2.75) is 75.4 Å². The molecule has 0 unspecified atom stereocenters. The number of amides is 2. The van der Waals surface area contributed by atoms with Crippen molar-refractivity contribution in [3.63, 3.8) is 0 Å². The molecule has 3 fully saturated rings.